The van der Waals surface area contributed by atoms with Crippen molar-refractivity contribution in [2.45, 2.75) is 0 Å². The van der Waals surface area contributed by atoms with E-state index in [2.05, 4.69) is 21.8 Å². The Hall–Kier alpha value is -4.04. The molecule has 35 heavy (non-hydrogen) atoms. The first-order chi connectivity index (χ1) is 17.0. The highest BCUT2D eigenvalue weighted by Gasteiger charge is 2.15. The number of carbonyl (C=O) groups is 1. The number of nitrogen functional groups attached to an aromatic ring is 1. The van der Waals surface area contributed by atoms with Gasteiger partial charge < -0.3 is 30.7 Å². The van der Waals surface area contributed by atoms with Crippen LogP contribution in [0, 0.1) is 0 Å². The Kier molecular flexibility index (Phi) is 7.84. The van der Waals surface area contributed by atoms with Crippen LogP contribution in [0.25, 0.3) is 0 Å². The maximum absolute atomic E-state index is 12.7. The van der Waals surface area contributed by atoms with E-state index in [9.17, 15) is 4.79 Å². The number of anilines is 2. The molecule has 0 radical (unpaired) electrons. The van der Waals surface area contributed by atoms with E-state index in [4.69, 9.17) is 20.9 Å². The number of nitrogens with zero attached hydrogens (tertiary/aromatic N) is 3. The van der Waals surface area contributed by atoms with Crippen molar-refractivity contribution >= 4 is 23.1 Å². The second kappa shape index (κ2) is 11.4. The quantitative estimate of drug-likeness (QED) is 0.224. The molecule has 3 aromatic carbocycles. The van der Waals surface area contributed by atoms with Gasteiger partial charge in [-0.25, -0.2) is 0 Å². The molecule has 1 heterocycles. The van der Waals surface area contributed by atoms with Gasteiger partial charge in [0.1, 0.15) is 30.5 Å². The van der Waals surface area contributed by atoms with Crippen molar-refractivity contribution in [3.8, 4) is 11.5 Å². The highest BCUT2D eigenvalue weighted by atomic mass is 16.5. The summed E-state index contributed by atoms with van der Waals surface area (Å²) >= 11 is 0. The van der Waals surface area contributed by atoms with E-state index in [1.165, 1.54) is 0 Å². The normalized spacial score (nSPS) is 14.5. The van der Waals surface area contributed by atoms with E-state index < -0.39 is 5.91 Å². The number of benzene rings is 3. The van der Waals surface area contributed by atoms with Crippen LogP contribution in [0.5, 0.6) is 11.5 Å². The van der Waals surface area contributed by atoms with E-state index >= 15 is 0 Å². The third-order valence-corrected chi connectivity index (χ3v) is 5.87. The van der Waals surface area contributed by atoms with Crippen molar-refractivity contribution in [1.82, 2.24) is 4.90 Å². The molecule has 3 aromatic rings. The number of ether oxygens (including phenoxy) is 2. The maximum Gasteiger partial charge on any atom is 0.278 e. The number of para-hydroxylation sites is 1. The van der Waals surface area contributed by atoms with Crippen molar-refractivity contribution in [3.05, 3.63) is 83.9 Å². The van der Waals surface area contributed by atoms with Crippen molar-refractivity contribution in [3.63, 3.8) is 0 Å². The molecule has 0 spiro atoms. The summed E-state index contributed by atoms with van der Waals surface area (Å²) in [5.74, 6) is 1.02. The van der Waals surface area contributed by atoms with Crippen LogP contribution >= 0.6 is 0 Å². The van der Waals surface area contributed by atoms with Crippen molar-refractivity contribution in [2.24, 2.45) is 10.7 Å². The third kappa shape index (κ3) is 6.51. The largest absolute Gasteiger partial charge is 0.490 e. The van der Waals surface area contributed by atoms with Gasteiger partial charge in [0.25, 0.3) is 5.91 Å². The van der Waals surface area contributed by atoms with Gasteiger partial charge in [-0.2, -0.15) is 4.99 Å². The minimum absolute atomic E-state index is 0.0644. The summed E-state index contributed by atoms with van der Waals surface area (Å²) in [5.41, 5.74) is 14.7. The molecule has 1 saturated heterocycles. The lowest BCUT2D eigenvalue weighted by Crippen LogP contribution is -2.44. The second-order valence-electron chi connectivity index (χ2n) is 8.40. The van der Waals surface area contributed by atoms with Crippen LogP contribution in [0.3, 0.4) is 0 Å². The molecule has 8 heteroatoms. The summed E-state index contributed by atoms with van der Waals surface area (Å²) in [4.78, 5) is 21.3. The number of hydrogen-bond donors (Lipinski definition) is 2. The van der Waals surface area contributed by atoms with Gasteiger partial charge >= 0.3 is 0 Å². The standard InChI is InChI=1S/C27H31N5O3/c1-31-13-15-32(16-14-31)21-9-7-20(8-10-21)27(33)30-26(29)24-12-11-23(19-25(24)28)35-18-17-34-22-5-3-2-4-6-22/h2-12,19H,13-18,28H2,1H3,(H2,29,30,33). The average molecular weight is 474 g/mol. The highest BCUT2D eigenvalue weighted by molar-refractivity contribution is 6.11. The lowest BCUT2D eigenvalue weighted by molar-refractivity contribution is 0.100. The van der Waals surface area contributed by atoms with Crippen LogP contribution in [-0.4, -0.2) is 63.1 Å². The number of hydrogen-bond acceptors (Lipinski definition) is 6. The molecule has 8 nitrogen and oxygen atoms in total. The Morgan fingerprint density at radius 1 is 0.886 bits per heavy atom. The number of piperazine rings is 1. The van der Waals surface area contributed by atoms with Gasteiger partial charge in [-0.15, -0.1) is 0 Å². The minimum Gasteiger partial charge on any atom is -0.490 e. The van der Waals surface area contributed by atoms with Crippen molar-refractivity contribution in [2.75, 3.05) is 57.1 Å². The summed E-state index contributed by atoms with van der Waals surface area (Å²) in [5, 5.41) is 0. The molecule has 0 bridgehead atoms. The Morgan fingerprint density at radius 3 is 2.20 bits per heavy atom. The molecule has 1 aliphatic heterocycles. The van der Waals surface area contributed by atoms with E-state index in [1.807, 2.05) is 42.5 Å². The first-order valence-electron chi connectivity index (χ1n) is 11.6. The van der Waals surface area contributed by atoms with Gasteiger partial charge in [-0.1, -0.05) is 18.2 Å². The van der Waals surface area contributed by atoms with E-state index in [0.717, 1.165) is 37.6 Å². The van der Waals surface area contributed by atoms with Crippen molar-refractivity contribution < 1.29 is 14.3 Å². The monoisotopic (exact) mass is 473 g/mol. The van der Waals surface area contributed by atoms with Crippen LogP contribution in [0.4, 0.5) is 11.4 Å². The third-order valence-electron chi connectivity index (χ3n) is 5.87. The number of aliphatic imine (C=N–C) groups is 1. The van der Waals surface area contributed by atoms with Gasteiger partial charge in [-0.3, -0.25) is 4.79 Å². The average Bonchev–Trinajstić information content (AvgIpc) is 2.88. The number of carbonyl (C=O) groups excluding carboxylic acids is 1. The fourth-order valence-electron chi connectivity index (χ4n) is 3.81. The molecule has 0 saturated carbocycles. The molecule has 1 amide bonds. The molecule has 1 fully saturated rings. The number of amides is 1. The Labute approximate surface area is 205 Å². The molecular weight excluding hydrogens is 442 g/mol. The molecule has 0 aromatic heterocycles. The zero-order chi connectivity index (χ0) is 24.6. The first-order valence-corrected chi connectivity index (χ1v) is 11.6. The Balaban J connectivity index is 1.33. The molecule has 4 rings (SSSR count). The smallest absolute Gasteiger partial charge is 0.278 e. The molecular formula is C27H31N5O3. The topological polar surface area (TPSA) is 106 Å². The van der Waals surface area contributed by atoms with Gasteiger partial charge in [0.05, 0.1) is 0 Å². The fraction of sp³-hybridized carbons (Fsp3) is 0.259. The Bertz CT molecular complexity index is 1160. The van der Waals surface area contributed by atoms with Gasteiger partial charge in [0.2, 0.25) is 0 Å². The maximum atomic E-state index is 12.7. The molecule has 182 valence electrons. The van der Waals surface area contributed by atoms with Gasteiger partial charge in [0, 0.05) is 54.7 Å². The molecule has 0 unspecified atom stereocenters. The number of rotatable bonds is 8. The molecule has 0 aliphatic carbocycles. The zero-order valence-electron chi connectivity index (χ0n) is 19.9. The second-order valence-corrected chi connectivity index (χ2v) is 8.40. The lowest BCUT2D eigenvalue weighted by Gasteiger charge is -2.34. The minimum atomic E-state index is -0.412. The Morgan fingerprint density at radius 2 is 1.54 bits per heavy atom. The van der Waals surface area contributed by atoms with E-state index in [-0.39, 0.29) is 5.84 Å². The summed E-state index contributed by atoms with van der Waals surface area (Å²) < 4.78 is 11.3. The summed E-state index contributed by atoms with van der Waals surface area (Å²) in [6.45, 7) is 4.74. The molecule has 4 N–H and O–H groups in total. The number of likely N-dealkylation sites (N-methyl/N-ethyl adjacent to an activating group) is 1. The molecule has 0 atom stereocenters. The predicted octanol–water partition coefficient (Wildman–Crippen LogP) is 3.02. The number of nitrogens with two attached hydrogens (primary N) is 2. The SMILES string of the molecule is CN1CCN(c2ccc(C(=O)N=C(N)c3ccc(OCCOc4ccccc4)cc3N)cc2)CC1. The summed E-state index contributed by atoms with van der Waals surface area (Å²) in [6, 6.07) is 22.1. The first kappa shape index (κ1) is 24.1. The van der Waals surface area contributed by atoms with Crippen LogP contribution < -0.4 is 25.8 Å². The van der Waals surface area contributed by atoms with Gasteiger partial charge in [-0.05, 0) is 55.6 Å². The van der Waals surface area contributed by atoms with Gasteiger partial charge in [0.15, 0.2) is 0 Å². The summed E-state index contributed by atoms with van der Waals surface area (Å²) in [6.07, 6.45) is 0. The van der Waals surface area contributed by atoms with E-state index in [1.54, 1.807) is 30.3 Å². The fourth-order valence-corrected chi connectivity index (χ4v) is 3.81. The summed E-state index contributed by atoms with van der Waals surface area (Å²) in [7, 11) is 2.12. The van der Waals surface area contributed by atoms with E-state index in [0.29, 0.717) is 35.8 Å². The van der Waals surface area contributed by atoms with Crippen LogP contribution in [0.2, 0.25) is 0 Å². The number of amidine groups is 1. The van der Waals surface area contributed by atoms with Crippen LogP contribution in [0.1, 0.15) is 15.9 Å². The highest BCUT2D eigenvalue weighted by Crippen LogP contribution is 2.21. The molecule has 1 aliphatic rings. The lowest BCUT2D eigenvalue weighted by atomic mass is 10.1. The van der Waals surface area contributed by atoms with Crippen molar-refractivity contribution in [1.29, 1.82) is 0 Å². The van der Waals surface area contributed by atoms with Crippen LogP contribution in [0.15, 0.2) is 77.8 Å². The predicted molar refractivity (Wildman–Crippen MR) is 139 cm³/mol. The zero-order valence-corrected chi connectivity index (χ0v) is 19.9. The van der Waals surface area contributed by atoms with Crippen LogP contribution in [-0.2, 0) is 0 Å².